The summed E-state index contributed by atoms with van der Waals surface area (Å²) < 4.78 is 4.98. The topological polar surface area (TPSA) is 73.6 Å². The zero-order valence-corrected chi connectivity index (χ0v) is 9.62. The van der Waals surface area contributed by atoms with Gasteiger partial charge in [0.15, 0.2) is 5.76 Å². The molecule has 1 aromatic heterocycles. The van der Waals surface area contributed by atoms with Crippen molar-refractivity contribution in [2.75, 3.05) is 11.9 Å². The normalized spacial score (nSPS) is 10.1. The van der Waals surface area contributed by atoms with E-state index in [2.05, 4.69) is 0 Å². The summed E-state index contributed by atoms with van der Waals surface area (Å²) in [5.74, 6) is -1.61. The minimum Gasteiger partial charge on any atom is -0.545 e. The predicted octanol–water partition coefficient (Wildman–Crippen LogP) is 0.920. The summed E-state index contributed by atoms with van der Waals surface area (Å²) in [6.45, 7) is 0. The van der Waals surface area contributed by atoms with Gasteiger partial charge in [-0.15, -0.1) is 0 Å². The first kappa shape index (κ1) is 11.9. The van der Waals surface area contributed by atoms with Crippen molar-refractivity contribution < 1.29 is 19.1 Å². The van der Waals surface area contributed by atoms with Gasteiger partial charge in [0.05, 0.1) is 17.9 Å². The highest BCUT2D eigenvalue weighted by Gasteiger charge is 2.18. The van der Waals surface area contributed by atoms with Crippen molar-refractivity contribution in [1.82, 2.24) is 0 Å². The van der Waals surface area contributed by atoms with Crippen LogP contribution in [0.15, 0.2) is 47.1 Å². The second kappa shape index (κ2) is 4.75. The summed E-state index contributed by atoms with van der Waals surface area (Å²) in [7, 11) is 1.48. The molecule has 5 heteroatoms. The molecule has 0 spiro atoms. The maximum Gasteiger partial charge on any atom is 0.293 e. The third-order valence-electron chi connectivity index (χ3n) is 2.52. The number of carboxylic acid groups (broad SMARTS) is 1. The summed E-state index contributed by atoms with van der Waals surface area (Å²) in [5.41, 5.74) is 0.221. The molecule has 0 aliphatic carbocycles. The van der Waals surface area contributed by atoms with E-state index in [0.29, 0.717) is 0 Å². The van der Waals surface area contributed by atoms with Gasteiger partial charge in [-0.3, -0.25) is 4.79 Å². The fraction of sp³-hybridized carbons (Fsp3) is 0.0769. The number of furan rings is 1. The van der Waals surface area contributed by atoms with E-state index in [1.54, 1.807) is 18.2 Å². The van der Waals surface area contributed by atoms with Crippen molar-refractivity contribution in [3.63, 3.8) is 0 Å². The minimum absolute atomic E-state index is 0.0418. The van der Waals surface area contributed by atoms with Crippen molar-refractivity contribution >= 4 is 17.6 Å². The van der Waals surface area contributed by atoms with Crippen LogP contribution in [0.3, 0.4) is 0 Å². The molecule has 2 aromatic rings. The third-order valence-corrected chi connectivity index (χ3v) is 2.52. The molecule has 0 bridgehead atoms. The summed E-state index contributed by atoms with van der Waals surface area (Å²) in [6.07, 6.45) is 1.38. The number of nitrogens with zero attached hydrogens (tertiary/aromatic N) is 1. The number of amides is 1. The molecular weight excluding hydrogens is 234 g/mol. The highest BCUT2D eigenvalue weighted by atomic mass is 16.4. The molecule has 0 radical (unpaired) electrons. The van der Waals surface area contributed by atoms with Gasteiger partial charge in [-0.1, -0.05) is 18.2 Å². The largest absolute Gasteiger partial charge is 0.545 e. The lowest BCUT2D eigenvalue weighted by atomic mass is 10.1. The Hall–Kier alpha value is -2.56. The molecular formula is C13H10NO4-. The molecule has 2 rings (SSSR count). The smallest absolute Gasteiger partial charge is 0.293 e. The van der Waals surface area contributed by atoms with Crippen LogP contribution in [0.1, 0.15) is 20.9 Å². The van der Waals surface area contributed by atoms with Gasteiger partial charge in [0, 0.05) is 12.6 Å². The van der Waals surface area contributed by atoms with Gasteiger partial charge in [-0.05, 0) is 18.2 Å². The molecule has 92 valence electrons. The van der Waals surface area contributed by atoms with E-state index in [1.807, 2.05) is 0 Å². The Morgan fingerprint density at radius 2 is 1.89 bits per heavy atom. The van der Waals surface area contributed by atoms with Gasteiger partial charge in [0.25, 0.3) is 5.91 Å². The lowest BCUT2D eigenvalue weighted by Gasteiger charge is -2.19. The highest BCUT2D eigenvalue weighted by molar-refractivity contribution is 6.07. The van der Waals surface area contributed by atoms with Crippen LogP contribution >= 0.6 is 0 Å². The van der Waals surface area contributed by atoms with Gasteiger partial charge in [0.1, 0.15) is 0 Å². The van der Waals surface area contributed by atoms with Gasteiger partial charge in [0.2, 0.25) is 0 Å². The van der Waals surface area contributed by atoms with Crippen LogP contribution in [0.25, 0.3) is 0 Å². The molecule has 5 nitrogen and oxygen atoms in total. The fourth-order valence-electron chi connectivity index (χ4n) is 1.61. The lowest BCUT2D eigenvalue weighted by Crippen LogP contribution is -2.30. The van der Waals surface area contributed by atoms with Crippen LogP contribution in [-0.2, 0) is 0 Å². The van der Waals surface area contributed by atoms with E-state index in [1.165, 1.54) is 36.4 Å². The summed E-state index contributed by atoms with van der Waals surface area (Å²) in [5, 5.41) is 11.0. The van der Waals surface area contributed by atoms with Gasteiger partial charge >= 0.3 is 0 Å². The average Bonchev–Trinajstić information content (AvgIpc) is 2.90. The Kier molecular flexibility index (Phi) is 3.14. The molecule has 0 atom stereocenters. The van der Waals surface area contributed by atoms with Crippen molar-refractivity contribution in [3.8, 4) is 0 Å². The number of rotatable bonds is 3. The Morgan fingerprint density at radius 3 is 2.50 bits per heavy atom. The summed E-state index contributed by atoms with van der Waals surface area (Å²) in [4.78, 5) is 24.2. The van der Waals surface area contributed by atoms with Crippen molar-refractivity contribution in [2.24, 2.45) is 0 Å². The fourth-order valence-corrected chi connectivity index (χ4v) is 1.61. The Morgan fingerprint density at radius 1 is 1.17 bits per heavy atom. The SMILES string of the molecule is CN(C(=O)c1ccco1)c1ccccc1C(=O)[O-]. The first-order valence-corrected chi connectivity index (χ1v) is 5.23. The van der Waals surface area contributed by atoms with Crippen LogP contribution in [0.4, 0.5) is 5.69 Å². The predicted molar refractivity (Wildman–Crippen MR) is 62.2 cm³/mol. The molecule has 1 heterocycles. The molecule has 1 aromatic carbocycles. The maximum atomic E-state index is 12.0. The van der Waals surface area contributed by atoms with Crippen molar-refractivity contribution in [3.05, 3.63) is 54.0 Å². The van der Waals surface area contributed by atoms with Crippen LogP contribution in [0.5, 0.6) is 0 Å². The molecule has 18 heavy (non-hydrogen) atoms. The van der Waals surface area contributed by atoms with E-state index in [9.17, 15) is 14.7 Å². The zero-order chi connectivity index (χ0) is 13.1. The van der Waals surface area contributed by atoms with E-state index >= 15 is 0 Å². The number of hydrogen-bond donors (Lipinski definition) is 0. The number of para-hydroxylation sites is 1. The van der Waals surface area contributed by atoms with Gasteiger partial charge in [-0.2, -0.15) is 0 Å². The molecule has 0 saturated heterocycles. The zero-order valence-electron chi connectivity index (χ0n) is 9.62. The second-order valence-electron chi connectivity index (χ2n) is 3.65. The highest BCUT2D eigenvalue weighted by Crippen LogP contribution is 2.20. The molecule has 0 N–H and O–H groups in total. The molecule has 0 aliphatic heterocycles. The van der Waals surface area contributed by atoms with Crippen molar-refractivity contribution in [2.45, 2.75) is 0 Å². The Labute approximate surface area is 103 Å². The van der Waals surface area contributed by atoms with E-state index in [-0.39, 0.29) is 17.0 Å². The molecule has 1 amide bonds. The maximum absolute atomic E-state index is 12.0. The Balaban J connectivity index is 2.37. The van der Waals surface area contributed by atoms with Crippen LogP contribution in [0.2, 0.25) is 0 Å². The standard InChI is InChI=1S/C13H11NO4/c1-14(12(15)11-7-4-8-18-11)10-6-3-2-5-9(10)13(16)17/h2-8H,1H3,(H,16,17)/p-1. The van der Waals surface area contributed by atoms with E-state index < -0.39 is 11.9 Å². The van der Waals surface area contributed by atoms with E-state index in [4.69, 9.17) is 4.42 Å². The van der Waals surface area contributed by atoms with Gasteiger partial charge in [-0.25, -0.2) is 0 Å². The second-order valence-corrected chi connectivity index (χ2v) is 3.65. The minimum atomic E-state index is -1.33. The molecule has 0 unspecified atom stereocenters. The first-order chi connectivity index (χ1) is 8.61. The number of anilines is 1. The molecule has 0 aliphatic rings. The summed E-state index contributed by atoms with van der Waals surface area (Å²) in [6, 6.07) is 9.24. The number of carbonyl (C=O) groups excluding carboxylic acids is 2. The number of benzene rings is 1. The molecule has 0 fully saturated rings. The quantitative estimate of drug-likeness (QED) is 0.804. The number of carbonyl (C=O) groups is 2. The monoisotopic (exact) mass is 244 g/mol. The third kappa shape index (κ3) is 2.10. The summed E-state index contributed by atoms with van der Waals surface area (Å²) >= 11 is 0. The molecule has 0 saturated carbocycles. The average molecular weight is 244 g/mol. The van der Waals surface area contributed by atoms with Crippen LogP contribution in [0, 0.1) is 0 Å². The number of aromatic carboxylic acids is 1. The van der Waals surface area contributed by atoms with Gasteiger partial charge < -0.3 is 19.2 Å². The van der Waals surface area contributed by atoms with Crippen molar-refractivity contribution in [1.29, 1.82) is 0 Å². The lowest BCUT2D eigenvalue weighted by molar-refractivity contribution is -0.254. The first-order valence-electron chi connectivity index (χ1n) is 5.23. The number of carboxylic acids is 1. The van der Waals surface area contributed by atoms with E-state index in [0.717, 1.165) is 0 Å². The van der Waals surface area contributed by atoms with Crippen LogP contribution < -0.4 is 10.0 Å². The number of hydrogen-bond acceptors (Lipinski definition) is 4. The Bertz CT molecular complexity index is 574. The van der Waals surface area contributed by atoms with Crippen LogP contribution in [-0.4, -0.2) is 18.9 Å².